The second-order valence-corrected chi connectivity index (χ2v) is 4.85. The monoisotopic (exact) mass is 298 g/mol. The third kappa shape index (κ3) is 3.44. The fraction of sp³-hybridized carbons (Fsp3) is 0.176. The maximum absolute atomic E-state index is 12.4. The number of primary amides is 1. The zero-order valence-corrected chi connectivity index (χ0v) is 12.5. The molecule has 0 fully saturated rings. The van der Waals surface area contributed by atoms with Gasteiger partial charge in [-0.2, -0.15) is 0 Å². The van der Waals surface area contributed by atoms with E-state index in [-0.39, 0.29) is 11.5 Å². The summed E-state index contributed by atoms with van der Waals surface area (Å²) >= 11 is 0. The van der Waals surface area contributed by atoms with Crippen LogP contribution in [-0.4, -0.2) is 25.0 Å². The lowest BCUT2D eigenvalue weighted by Gasteiger charge is -2.22. The Morgan fingerprint density at radius 3 is 2.27 bits per heavy atom. The van der Waals surface area contributed by atoms with Gasteiger partial charge in [-0.25, -0.2) is 0 Å². The Bertz CT molecular complexity index is 671. The maximum Gasteiger partial charge on any atom is 0.267 e. The van der Waals surface area contributed by atoms with E-state index in [0.29, 0.717) is 5.75 Å². The molecule has 0 aliphatic rings. The van der Waals surface area contributed by atoms with Crippen molar-refractivity contribution < 1.29 is 14.3 Å². The van der Waals surface area contributed by atoms with Crippen molar-refractivity contribution in [2.24, 2.45) is 5.73 Å². The zero-order chi connectivity index (χ0) is 16.1. The third-order valence-corrected chi connectivity index (χ3v) is 3.28. The minimum absolute atomic E-state index is 0.217. The number of para-hydroxylation sites is 2. The molecule has 0 spiro atoms. The van der Waals surface area contributed by atoms with E-state index >= 15 is 0 Å². The number of ether oxygens (including phenoxy) is 1. The maximum atomic E-state index is 12.4. The van der Waals surface area contributed by atoms with Crippen LogP contribution in [0.15, 0.2) is 54.6 Å². The molecule has 0 bridgehead atoms. The molecule has 0 radical (unpaired) electrons. The highest BCUT2D eigenvalue weighted by Gasteiger charge is 2.22. The summed E-state index contributed by atoms with van der Waals surface area (Å²) in [5.74, 6) is -0.505. The fourth-order valence-electron chi connectivity index (χ4n) is 2.07. The van der Waals surface area contributed by atoms with Gasteiger partial charge in [-0.15, -0.1) is 0 Å². The summed E-state index contributed by atoms with van der Waals surface area (Å²) < 4.78 is 5.62. The van der Waals surface area contributed by atoms with Gasteiger partial charge in [0.05, 0.1) is 5.56 Å². The standard InChI is InChI=1S/C17H18N2O3/c1-12(17(21)19(2)13-8-4-3-5-9-13)22-15-11-7-6-10-14(15)16(18)20/h3-12H,1-2H3,(H2,18,20). The van der Waals surface area contributed by atoms with Gasteiger partial charge in [0.1, 0.15) is 5.75 Å². The normalized spacial score (nSPS) is 11.5. The Kier molecular flexibility index (Phi) is 4.78. The molecule has 2 amide bonds. The van der Waals surface area contributed by atoms with Gasteiger partial charge in [0, 0.05) is 12.7 Å². The number of amides is 2. The Morgan fingerprint density at radius 2 is 1.64 bits per heavy atom. The fourth-order valence-corrected chi connectivity index (χ4v) is 2.07. The van der Waals surface area contributed by atoms with Crippen molar-refractivity contribution in [1.82, 2.24) is 0 Å². The van der Waals surface area contributed by atoms with Crippen LogP contribution in [0.5, 0.6) is 5.75 Å². The number of anilines is 1. The molecule has 0 aromatic heterocycles. The first-order valence-electron chi connectivity index (χ1n) is 6.89. The average molecular weight is 298 g/mol. The SMILES string of the molecule is CC(Oc1ccccc1C(N)=O)C(=O)N(C)c1ccccc1. The lowest BCUT2D eigenvalue weighted by molar-refractivity contribution is -0.124. The summed E-state index contributed by atoms with van der Waals surface area (Å²) in [5, 5.41) is 0. The van der Waals surface area contributed by atoms with E-state index in [4.69, 9.17) is 10.5 Å². The van der Waals surface area contributed by atoms with E-state index in [9.17, 15) is 9.59 Å². The van der Waals surface area contributed by atoms with E-state index in [1.54, 1.807) is 38.2 Å². The van der Waals surface area contributed by atoms with Gasteiger partial charge in [0.2, 0.25) is 0 Å². The van der Waals surface area contributed by atoms with Crippen molar-refractivity contribution in [2.45, 2.75) is 13.0 Å². The van der Waals surface area contributed by atoms with E-state index in [2.05, 4.69) is 0 Å². The molecule has 0 saturated heterocycles. The average Bonchev–Trinajstić information content (AvgIpc) is 2.54. The number of nitrogens with zero attached hydrogens (tertiary/aromatic N) is 1. The molecule has 0 saturated carbocycles. The van der Waals surface area contributed by atoms with E-state index < -0.39 is 12.0 Å². The van der Waals surface area contributed by atoms with Crippen LogP contribution in [0.4, 0.5) is 5.69 Å². The van der Waals surface area contributed by atoms with Gasteiger partial charge in [-0.3, -0.25) is 9.59 Å². The first-order valence-corrected chi connectivity index (χ1v) is 6.89. The van der Waals surface area contributed by atoms with Crippen LogP contribution in [-0.2, 0) is 4.79 Å². The summed E-state index contributed by atoms with van der Waals surface area (Å²) in [5.41, 5.74) is 6.33. The van der Waals surface area contributed by atoms with Gasteiger partial charge in [-0.1, -0.05) is 30.3 Å². The van der Waals surface area contributed by atoms with Crippen LogP contribution in [0.3, 0.4) is 0 Å². The minimum atomic E-state index is -0.745. The number of hydrogen-bond donors (Lipinski definition) is 1. The Hall–Kier alpha value is -2.82. The molecule has 5 heteroatoms. The molecule has 114 valence electrons. The number of hydrogen-bond acceptors (Lipinski definition) is 3. The van der Waals surface area contributed by atoms with Crippen LogP contribution in [0, 0.1) is 0 Å². The van der Waals surface area contributed by atoms with Crippen molar-refractivity contribution in [3.05, 3.63) is 60.2 Å². The van der Waals surface area contributed by atoms with Crippen LogP contribution in [0.1, 0.15) is 17.3 Å². The van der Waals surface area contributed by atoms with Gasteiger partial charge >= 0.3 is 0 Å². The largest absolute Gasteiger partial charge is 0.480 e. The second-order valence-electron chi connectivity index (χ2n) is 4.85. The molecule has 2 aromatic carbocycles. The van der Waals surface area contributed by atoms with Gasteiger partial charge in [0.25, 0.3) is 11.8 Å². The highest BCUT2D eigenvalue weighted by atomic mass is 16.5. The Morgan fingerprint density at radius 1 is 1.05 bits per heavy atom. The minimum Gasteiger partial charge on any atom is -0.480 e. The number of benzene rings is 2. The predicted octanol–water partition coefficient (Wildman–Crippen LogP) is 2.22. The molecule has 0 aliphatic heterocycles. The molecular formula is C17H18N2O3. The van der Waals surface area contributed by atoms with E-state index in [1.807, 2.05) is 30.3 Å². The van der Waals surface area contributed by atoms with Crippen molar-refractivity contribution >= 4 is 17.5 Å². The molecule has 2 N–H and O–H groups in total. The molecule has 2 rings (SSSR count). The lowest BCUT2D eigenvalue weighted by Crippen LogP contribution is -2.38. The van der Waals surface area contributed by atoms with Gasteiger partial charge in [-0.05, 0) is 31.2 Å². The number of likely N-dealkylation sites (N-methyl/N-ethyl adjacent to an activating group) is 1. The summed E-state index contributed by atoms with van der Waals surface area (Å²) in [7, 11) is 1.68. The summed E-state index contributed by atoms with van der Waals surface area (Å²) in [4.78, 5) is 25.3. The Balaban J connectivity index is 2.14. The predicted molar refractivity (Wildman–Crippen MR) is 84.9 cm³/mol. The van der Waals surface area contributed by atoms with Gasteiger partial charge in [0.15, 0.2) is 6.10 Å². The molecule has 1 atom stereocenters. The number of rotatable bonds is 5. The molecule has 0 heterocycles. The third-order valence-electron chi connectivity index (χ3n) is 3.28. The van der Waals surface area contributed by atoms with Crippen molar-refractivity contribution in [3.8, 4) is 5.75 Å². The number of nitrogens with two attached hydrogens (primary N) is 1. The smallest absolute Gasteiger partial charge is 0.267 e. The zero-order valence-electron chi connectivity index (χ0n) is 12.5. The molecule has 22 heavy (non-hydrogen) atoms. The quantitative estimate of drug-likeness (QED) is 0.920. The molecule has 0 aliphatic carbocycles. The van der Waals surface area contributed by atoms with Crippen LogP contribution in [0.25, 0.3) is 0 Å². The first-order chi connectivity index (χ1) is 10.5. The summed E-state index contributed by atoms with van der Waals surface area (Å²) in [6.07, 6.45) is -0.745. The molecule has 1 unspecified atom stereocenters. The van der Waals surface area contributed by atoms with Gasteiger partial charge < -0.3 is 15.4 Å². The molecule has 2 aromatic rings. The number of carbonyl (C=O) groups excluding carboxylic acids is 2. The van der Waals surface area contributed by atoms with Crippen LogP contribution in [0.2, 0.25) is 0 Å². The number of carbonyl (C=O) groups is 2. The highest BCUT2D eigenvalue weighted by molar-refractivity contribution is 5.97. The highest BCUT2D eigenvalue weighted by Crippen LogP contribution is 2.20. The Labute approximate surface area is 129 Å². The topological polar surface area (TPSA) is 72.6 Å². The first kappa shape index (κ1) is 15.6. The van der Waals surface area contributed by atoms with Crippen LogP contribution >= 0.6 is 0 Å². The van der Waals surface area contributed by atoms with Crippen molar-refractivity contribution in [3.63, 3.8) is 0 Å². The lowest BCUT2D eigenvalue weighted by atomic mass is 10.2. The van der Waals surface area contributed by atoms with Crippen LogP contribution < -0.4 is 15.4 Å². The van der Waals surface area contributed by atoms with Crippen molar-refractivity contribution in [1.29, 1.82) is 0 Å². The van der Waals surface area contributed by atoms with Crippen molar-refractivity contribution in [2.75, 3.05) is 11.9 Å². The van der Waals surface area contributed by atoms with E-state index in [1.165, 1.54) is 4.90 Å². The summed E-state index contributed by atoms with van der Waals surface area (Å²) in [6, 6.07) is 15.9. The summed E-state index contributed by atoms with van der Waals surface area (Å²) in [6.45, 7) is 1.64. The molecule has 5 nitrogen and oxygen atoms in total. The van der Waals surface area contributed by atoms with E-state index in [0.717, 1.165) is 5.69 Å². The molecular weight excluding hydrogens is 280 g/mol. The second kappa shape index (κ2) is 6.76.